The highest BCUT2D eigenvalue weighted by molar-refractivity contribution is 9.09. The molecule has 80 valence electrons. The highest BCUT2D eigenvalue weighted by Gasteiger charge is 2.26. The fourth-order valence-corrected chi connectivity index (χ4v) is 2.40. The van der Waals surface area contributed by atoms with Crippen LogP contribution in [0.15, 0.2) is 0 Å². The number of nitrogens with one attached hydrogen (secondary N) is 1. The van der Waals surface area contributed by atoms with Crippen LogP contribution in [0.4, 0.5) is 0 Å². The van der Waals surface area contributed by atoms with Crippen molar-refractivity contribution in [3.8, 4) is 0 Å². The molecule has 0 heterocycles. The second-order valence-electron chi connectivity index (χ2n) is 3.49. The quantitative estimate of drug-likeness (QED) is 0.465. The summed E-state index contributed by atoms with van der Waals surface area (Å²) in [7, 11) is 1.27. The summed E-state index contributed by atoms with van der Waals surface area (Å²) in [4.78, 5) is 22.4. The lowest BCUT2D eigenvalue weighted by molar-refractivity contribution is -0.143. The van der Waals surface area contributed by atoms with Crippen LogP contribution in [0.3, 0.4) is 0 Å². The summed E-state index contributed by atoms with van der Waals surface area (Å²) in [6.45, 7) is 0.665. The number of halogens is 1. The van der Waals surface area contributed by atoms with Gasteiger partial charge in [-0.2, -0.15) is 0 Å². The standard InChI is InChI=1S/C9H14BrNO3/c1-14-9(13)4-8(12)11-5-6-2-7(10)3-6/h6-7H,2-5H2,1H3,(H,11,12). The predicted octanol–water partition coefficient (Wildman–Crippen LogP) is 0.839. The van der Waals surface area contributed by atoms with Crippen LogP contribution in [0.25, 0.3) is 0 Å². The molecule has 0 atom stereocenters. The summed E-state index contributed by atoms with van der Waals surface area (Å²) in [5.41, 5.74) is 0. The normalized spacial score (nSPS) is 25.0. The largest absolute Gasteiger partial charge is 0.469 e. The van der Waals surface area contributed by atoms with Crippen molar-refractivity contribution in [1.82, 2.24) is 5.32 Å². The van der Waals surface area contributed by atoms with Gasteiger partial charge in [0.15, 0.2) is 0 Å². The number of methoxy groups -OCH3 is 1. The molecule has 0 aromatic heterocycles. The van der Waals surface area contributed by atoms with Gasteiger partial charge < -0.3 is 10.1 Å². The molecule has 4 nitrogen and oxygen atoms in total. The molecule has 1 N–H and O–H groups in total. The maximum Gasteiger partial charge on any atom is 0.315 e. The number of carbonyl (C=O) groups is 2. The van der Waals surface area contributed by atoms with Crippen molar-refractivity contribution in [2.45, 2.75) is 24.1 Å². The first-order valence-corrected chi connectivity index (χ1v) is 5.51. The van der Waals surface area contributed by atoms with Gasteiger partial charge in [-0.1, -0.05) is 15.9 Å². The second-order valence-corrected chi connectivity index (χ2v) is 4.79. The lowest BCUT2D eigenvalue weighted by Gasteiger charge is -2.31. The Hall–Kier alpha value is -0.580. The summed E-state index contributed by atoms with van der Waals surface area (Å²) in [6, 6.07) is 0. The summed E-state index contributed by atoms with van der Waals surface area (Å²) in [5.74, 6) is -0.190. The number of rotatable bonds is 4. The fourth-order valence-electron chi connectivity index (χ4n) is 1.34. The molecule has 1 rings (SSSR count). The zero-order valence-electron chi connectivity index (χ0n) is 8.09. The zero-order valence-corrected chi connectivity index (χ0v) is 9.67. The maximum atomic E-state index is 11.1. The van der Waals surface area contributed by atoms with Gasteiger partial charge in [0.25, 0.3) is 0 Å². The monoisotopic (exact) mass is 263 g/mol. The van der Waals surface area contributed by atoms with E-state index < -0.39 is 5.97 Å². The summed E-state index contributed by atoms with van der Waals surface area (Å²) < 4.78 is 4.38. The molecule has 0 aromatic carbocycles. The average Bonchev–Trinajstić information content (AvgIpc) is 2.10. The van der Waals surface area contributed by atoms with E-state index in [1.165, 1.54) is 7.11 Å². The van der Waals surface area contributed by atoms with E-state index in [9.17, 15) is 9.59 Å². The van der Waals surface area contributed by atoms with Gasteiger partial charge in [0.1, 0.15) is 6.42 Å². The van der Waals surface area contributed by atoms with E-state index in [-0.39, 0.29) is 12.3 Å². The van der Waals surface area contributed by atoms with E-state index in [0.717, 1.165) is 12.8 Å². The van der Waals surface area contributed by atoms with Crippen molar-refractivity contribution < 1.29 is 14.3 Å². The first-order valence-electron chi connectivity index (χ1n) is 4.59. The number of hydrogen-bond acceptors (Lipinski definition) is 3. The molecule has 0 unspecified atom stereocenters. The molecule has 0 radical (unpaired) electrons. The van der Waals surface area contributed by atoms with Crippen LogP contribution < -0.4 is 5.32 Å². The Morgan fingerprint density at radius 3 is 2.64 bits per heavy atom. The number of esters is 1. The van der Waals surface area contributed by atoms with Crippen LogP contribution in [0.1, 0.15) is 19.3 Å². The van der Waals surface area contributed by atoms with Crippen molar-refractivity contribution in [2.75, 3.05) is 13.7 Å². The van der Waals surface area contributed by atoms with E-state index in [4.69, 9.17) is 0 Å². The summed E-state index contributed by atoms with van der Waals surface area (Å²) >= 11 is 3.47. The van der Waals surface area contributed by atoms with Crippen LogP contribution in [-0.4, -0.2) is 30.4 Å². The zero-order chi connectivity index (χ0) is 10.6. The van der Waals surface area contributed by atoms with Gasteiger partial charge >= 0.3 is 5.97 Å². The van der Waals surface area contributed by atoms with E-state index in [0.29, 0.717) is 17.3 Å². The highest BCUT2D eigenvalue weighted by Crippen LogP contribution is 2.32. The van der Waals surface area contributed by atoms with Crippen molar-refractivity contribution >= 4 is 27.8 Å². The minimum absolute atomic E-state index is 0.180. The topological polar surface area (TPSA) is 55.4 Å². The van der Waals surface area contributed by atoms with Gasteiger partial charge in [-0.3, -0.25) is 9.59 Å². The lowest BCUT2D eigenvalue weighted by Crippen LogP contribution is -2.37. The molecular formula is C9H14BrNO3. The number of carbonyl (C=O) groups excluding carboxylic acids is 2. The maximum absolute atomic E-state index is 11.1. The molecule has 0 bridgehead atoms. The Bertz CT molecular complexity index is 226. The summed E-state index contributed by atoms with van der Waals surface area (Å²) in [5, 5.41) is 2.71. The lowest BCUT2D eigenvalue weighted by atomic mass is 9.85. The van der Waals surface area contributed by atoms with Gasteiger partial charge in [-0.25, -0.2) is 0 Å². The van der Waals surface area contributed by atoms with E-state index in [1.807, 2.05) is 0 Å². The van der Waals surface area contributed by atoms with Crippen molar-refractivity contribution in [3.63, 3.8) is 0 Å². The third-order valence-corrected chi connectivity index (χ3v) is 3.05. The molecule has 0 saturated heterocycles. The van der Waals surface area contributed by atoms with Crippen LogP contribution in [0.5, 0.6) is 0 Å². The Morgan fingerprint density at radius 1 is 1.50 bits per heavy atom. The van der Waals surface area contributed by atoms with Crippen LogP contribution in [-0.2, 0) is 14.3 Å². The Morgan fingerprint density at radius 2 is 2.14 bits per heavy atom. The third kappa shape index (κ3) is 3.65. The Balaban J connectivity index is 2.06. The van der Waals surface area contributed by atoms with E-state index >= 15 is 0 Å². The molecule has 1 amide bonds. The van der Waals surface area contributed by atoms with E-state index in [1.54, 1.807) is 0 Å². The molecule has 1 aliphatic carbocycles. The summed E-state index contributed by atoms with van der Waals surface area (Å²) in [6.07, 6.45) is 2.01. The minimum Gasteiger partial charge on any atom is -0.469 e. The van der Waals surface area contributed by atoms with Crippen LogP contribution in [0.2, 0.25) is 0 Å². The molecule has 1 saturated carbocycles. The van der Waals surface area contributed by atoms with Crippen LogP contribution in [0, 0.1) is 5.92 Å². The van der Waals surface area contributed by atoms with Gasteiger partial charge in [0.2, 0.25) is 5.91 Å². The number of ether oxygens (including phenoxy) is 1. The molecule has 0 aromatic rings. The number of hydrogen-bond donors (Lipinski definition) is 1. The highest BCUT2D eigenvalue weighted by atomic mass is 79.9. The van der Waals surface area contributed by atoms with Crippen molar-refractivity contribution in [2.24, 2.45) is 5.92 Å². The Labute approximate surface area is 91.5 Å². The number of amides is 1. The fraction of sp³-hybridized carbons (Fsp3) is 0.778. The SMILES string of the molecule is COC(=O)CC(=O)NCC1CC(Br)C1. The van der Waals surface area contributed by atoms with Gasteiger partial charge in [0, 0.05) is 11.4 Å². The average molecular weight is 264 g/mol. The van der Waals surface area contributed by atoms with Gasteiger partial charge in [-0.15, -0.1) is 0 Å². The molecule has 0 aliphatic heterocycles. The molecular weight excluding hydrogens is 250 g/mol. The Kier molecular flexibility index (Phi) is 4.38. The second kappa shape index (κ2) is 5.34. The van der Waals surface area contributed by atoms with Gasteiger partial charge in [0.05, 0.1) is 7.11 Å². The first-order chi connectivity index (χ1) is 6.61. The predicted molar refractivity (Wildman–Crippen MR) is 55.1 cm³/mol. The molecule has 1 aliphatic rings. The molecule has 5 heteroatoms. The molecule has 0 spiro atoms. The van der Waals surface area contributed by atoms with Crippen molar-refractivity contribution in [3.05, 3.63) is 0 Å². The smallest absolute Gasteiger partial charge is 0.315 e. The van der Waals surface area contributed by atoms with Gasteiger partial charge in [-0.05, 0) is 18.8 Å². The first kappa shape index (κ1) is 11.5. The molecule has 1 fully saturated rings. The minimum atomic E-state index is -0.491. The van der Waals surface area contributed by atoms with Crippen LogP contribution >= 0.6 is 15.9 Å². The van der Waals surface area contributed by atoms with E-state index in [2.05, 4.69) is 26.0 Å². The van der Waals surface area contributed by atoms with Crippen molar-refractivity contribution in [1.29, 1.82) is 0 Å². The third-order valence-electron chi connectivity index (χ3n) is 2.30. The number of alkyl halides is 1. The molecule has 14 heavy (non-hydrogen) atoms.